The van der Waals surface area contributed by atoms with E-state index in [1.54, 1.807) is 13.3 Å². The molecule has 2 aromatic rings. The second-order valence-electron chi connectivity index (χ2n) is 6.89. The van der Waals surface area contributed by atoms with Crippen LogP contribution in [0.5, 0.6) is 11.5 Å². The zero-order valence-electron chi connectivity index (χ0n) is 17.4. The number of nitrogens with two attached hydrogens (primary N) is 1. The zero-order chi connectivity index (χ0) is 21.1. The largest absolute Gasteiger partial charge is 0.497 e. The Kier molecular flexibility index (Phi) is 9.24. The lowest BCUT2D eigenvalue weighted by Gasteiger charge is -2.20. The van der Waals surface area contributed by atoms with Gasteiger partial charge in [-0.1, -0.05) is 32.1 Å². The van der Waals surface area contributed by atoms with Crippen LogP contribution >= 0.6 is 0 Å². The number of aliphatic hydroxyl groups is 1. The van der Waals surface area contributed by atoms with Crippen molar-refractivity contribution in [2.75, 3.05) is 31.4 Å². The molecule has 1 atom stereocenters. The predicted molar refractivity (Wildman–Crippen MR) is 116 cm³/mol. The molecule has 0 radical (unpaired) electrons. The van der Waals surface area contributed by atoms with Crippen LogP contribution in [0, 0.1) is 5.92 Å². The molecule has 2 rings (SSSR count). The van der Waals surface area contributed by atoms with Crippen molar-refractivity contribution in [1.29, 1.82) is 0 Å². The number of nitrogens with zero attached hydrogens (tertiary/aromatic N) is 2. The van der Waals surface area contributed by atoms with Crippen molar-refractivity contribution in [2.45, 2.75) is 39.0 Å². The normalized spacial score (nSPS) is 11.7. The summed E-state index contributed by atoms with van der Waals surface area (Å²) >= 11 is 0. The highest BCUT2D eigenvalue weighted by Gasteiger charge is 2.15. The number of rotatable bonds is 13. The molecule has 0 saturated heterocycles. The Morgan fingerprint density at radius 3 is 2.69 bits per heavy atom. The fraction of sp³-hybridized carbons (Fsp3) is 0.455. The van der Waals surface area contributed by atoms with Gasteiger partial charge in [0, 0.05) is 18.2 Å². The van der Waals surface area contributed by atoms with Crippen molar-refractivity contribution >= 4 is 11.8 Å². The van der Waals surface area contributed by atoms with E-state index in [2.05, 4.69) is 40.9 Å². The summed E-state index contributed by atoms with van der Waals surface area (Å²) in [6.45, 7) is 6.87. The molecule has 1 heterocycles. The van der Waals surface area contributed by atoms with Crippen LogP contribution in [0.1, 0.15) is 38.2 Å². The van der Waals surface area contributed by atoms with Gasteiger partial charge in [-0.05, 0) is 43.4 Å². The smallest absolute Gasteiger partial charge is 0.222 e. The van der Waals surface area contributed by atoms with Crippen molar-refractivity contribution in [3.05, 3.63) is 48.3 Å². The number of allylic oxidation sites excluding steroid dienone is 1. The summed E-state index contributed by atoms with van der Waals surface area (Å²) in [6.07, 6.45) is 5.91. The maximum atomic E-state index is 9.30. The second-order valence-corrected chi connectivity index (χ2v) is 6.89. The summed E-state index contributed by atoms with van der Waals surface area (Å²) in [5.41, 5.74) is 7.77. The van der Waals surface area contributed by atoms with E-state index in [0.717, 1.165) is 37.1 Å². The molecule has 0 fully saturated rings. The molecule has 0 spiro atoms. The first-order valence-electron chi connectivity index (χ1n) is 10.0. The summed E-state index contributed by atoms with van der Waals surface area (Å²) in [7, 11) is 1.66. The summed E-state index contributed by atoms with van der Waals surface area (Å²) in [4.78, 5) is 8.30. The Morgan fingerprint density at radius 2 is 2.03 bits per heavy atom. The molecule has 29 heavy (non-hydrogen) atoms. The molecule has 7 nitrogen and oxygen atoms in total. The lowest BCUT2D eigenvalue weighted by Crippen LogP contribution is -2.15. The van der Waals surface area contributed by atoms with Crippen molar-refractivity contribution < 1.29 is 14.6 Å². The van der Waals surface area contributed by atoms with E-state index in [1.165, 1.54) is 5.56 Å². The number of hydrogen-bond acceptors (Lipinski definition) is 7. The summed E-state index contributed by atoms with van der Waals surface area (Å²) in [6, 6.07) is 8.02. The molecule has 0 amide bonds. The third-order valence-electron chi connectivity index (χ3n) is 4.69. The van der Waals surface area contributed by atoms with Crippen LogP contribution in [0.15, 0.2) is 42.7 Å². The van der Waals surface area contributed by atoms with Crippen LogP contribution in [0.25, 0.3) is 0 Å². The maximum Gasteiger partial charge on any atom is 0.222 e. The number of aryl methyl sites for hydroxylation is 1. The zero-order valence-corrected chi connectivity index (χ0v) is 17.4. The number of hydrogen-bond donors (Lipinski definition) is 3. The molecule has 0 bridgehead atoms. The minimum atomic E-state index is 0.117. The highest BCUT2D eigenvalue weighted by Crippen LogP contribution is 2.27. The number of nitrogens with one attached hydrogen (secondary N) is 1. The van der Waals surface area contributed by atoms with Gasteiger partial charge in [0.2, 0.25) is 5.95 Å². The van der Waals surface area contributed by atoms with Crippen LogP contribution in [-0.2, 0) is 6.42 Å². The average Bonchev–Trinajstić information content (AvgIpc) is 2.72. The van der Waals surface area contributed by atoms with E-state index in [-0.39, 0.29) is 18.5 Å². The predicted octanol–water partition coefficient (Wildman–Crippen LogP) is 3.80. The Balaban J connectivity index is 1.93. The molecule has 0 saturated carbocycles. The van der Waals surface area contributed by atoms with E-state index in [4.69, 9.17) is 15.2 Å². The van der Waals surface area contributed by atoms with Gasteiger partial charge >= 0.3 is 0 Å². The van der Waals surface area contributed by atoms with E-state index >= 15 is 0 Å². The first-order chi connectivity index (χ1) is 14.1. The van der Waals surface area contributed by atoms with E-state index in [0.29, 0.717) is 24.6 Å². The van der Waals surface area contributed by atoms with Crippen LogP contribution in [0.2, 0.25) is 0 Å². The molecular weight excluding hydrogens is 368 g/mol. The third-order valence-corrected chi connectivity index (χ3v) is 4.69. The van der Waals surface area contributed by atoms with Crippen molar-refractivity contribution in [1.82, 2.24) is 9.97 Å². The van der Waals surface area contributed by atoms with Gasteiger partial charge in [-0.2, -0.15) is 4.98 Å². The Hall–Kier alpha value is -2.80. The number of benzene rings is 1. The topological polar surface area (TPSA) is 103 Å². The molecule has 7 heteroatoms. The lowest BCUT2D eigenvalue weighted by molar-refractivity contribution is 0.263. The molecule has 4 N–H and O–H groups in total. The van der Waals surface area contributed by atoms with Crippen LogP contribution in [0.4, 0.5) is 11.8 Å². The highest BCUT2D eigenvalue weighted by molar-refractivity contribution is 5.54. The molecule has 158 valence electrons. The first-order valence-corrected chi connectivity index (χ1v) is 10.0. The Bertz CT molecular complexity index is 759. The second kappa shape index (κ2) is 11.9. The molecular formula is C22H32N4O3. The molecule has 0 aliphatic heterocycles. The van der Waals surface area contributed by atoms with Crippen molar-refractivity contribution in [3.8, 4) is 11.5 Å². The van der Waals surface area contributed by atoms with E-state index in [9.17, 15) is 5.11 Å². The van der Waals surface area contributed by atoms with Gasteiger partial charge in [0.25, 0.3) is 0 Å². The molecule has 1 aromatic heterocycles. The van der Waals surface area contributed by atoms with E-state index < -0.39 is 0 Å². The number of ether oxygens (including phenoxy) is 2. The van der Waals surface area contributed by atoms with Gasteiger partial charge in [0.15, 0.2) is 11.6 Å². The monoisotopic (exact) mass is 400 g/mol. The van der Waals surface area contributed by atoms with Crippen molar-refractivity contribution in [3.63, 3.8) is 0 Å². The fourth-order valence-corrected chi connectivity index (χ4v) is 3.08. The number of aromatic nitrogens is 2. The Labute approximate surface area is 173 Å². The number of anilines is 2. The fourth-order valence-electron chi connectivity index (χ4n) is 3.08. The number of aliphatic hydroxyl groups excluding tert-OH is 1. The molecule has 0 aliphatic carbocycles. The van der Waals surface area contributed by atoms with Crippen LogP contribution in [0.3, 0.4) is 0 Å². The van der Waals surface area contributed by atoms with Gasteiger partial charge in [0.1, 0.15) is 5.75 Å². The van der Waals surface area contributed by atoms with E-state index in [1.807, 2.05) is 12.1 Å². The minimum absolute atomic E-state index is 0.117. The molecule has 0 unspecified atom stereocenters. The van der Waals surface area contributed by atoms with Crippen molar-refractivity contribution in [2.24, 2.45) is 5.92 Å². The number of methoxy groups -OCH3 is 1. The summed E-state index contributed by atoms with van der Waals surface area (Å²) < 4.78 is 11.1. The van der Waals surface area contributed by atoms with Gasteiger partial charge in [0.05, 0.1) is 19.9 Å². The van der Waals surface area contributed by atoms with Gasteiger partial charge in [-0.3, -0.25) is 0 Å². The van der Waals surface area contributed by atoms with Gasteiger partial charge in [-0.25, -0.2) is 4.98 Å². The third kappa shape index (κ3) is 7.27. The van der Waals surface area contributed by atoms with Crippen LogP contribution in [-0.4, -0.2) is 35.4 Å². The van der Waals surface area contributed by atoms with Gasteiger partial charge in [-0.15, -0.1) is 0 Å². The summed E-state index contributed by atoms with van der Waals surface area (Å²) in [5.74, 6) is 2.21. The van der Waals surface area contributed by atoms with Crippen LogP contribution < -0.4 is 20.5 Å². The molecule has 1 aromatic carbocycles. The average molecular weight is 401 g/mol. The SMILES string of the molecule is C=C(Nc1nc(N)ncc1OCCCc1ccc(OC)cc1)[C@@H](CCC)CCO. The lowest BCUT2D eigenvalue weighted by atomic mass is 9.97. The maximum absolute atomic E-state index is 9.30. The Morgan fingerprint density at radius 1 is 1.28 bits per heavy atom. The van der Waals surface area contributed by atoms with Gasteiger partial charge < -0.3 is 25.6 Å². The number of nitrogen functional groups attached to an aromatic ring is 1. The molecule has 0 aliphatic rings. The minimum Gasteiger partial charge on any atom is -0.497 e. The first kappa shape index (κ1) is 22.5. The summed E-state index contributed by atoms with van der Waals surface area (Å²) in [5, 5.41) is 12.5. The highest BCUT2D eigenvalue weighted by atomic mass is 16.5. The standard InChI is InChI=1S/C22H32N4O3/c1-4-6-18(12-13-27)16(2)25-21-20(15-24-22(23)26-21)29-14-5-7-17-8-10-19(28-3)11-9-17/h8-11,15,18,27H,2,4-7,12-14H2,1,3H3,(H3,23,24,25,26)/t18-/m0/s1. The quantitative estimate of drug-likeness (QED) is 0.439.